The SMILES string of the molecule is CCCCCCCc1noc(CCC(O)C(O)C(N)C(=O)O)n1. The number of aliphatic hydroxyl groups is 2. The van der Waals surface area contributed by atoms with Crippen LogP contribution in [0.1, 0.15) is 57.2 Å². The van der Waals surface area contributed by atoms with E-state index in [0.29, 0.717) is 11.7 Å². The van der Waals surface area contributed by atoms with Crippen LogP contribution in [0.15, 0.2) is 4.52 Å². The first-order valence-corrected chi connectivity index (χ1v) is 8.11. The van der Waals surface area contributed by atoms with Crippen molar-refractivity contribution in [2.45, 2.75) is 76.5 Å². The summed E-state index contributed by atoms with van der Waals surface area (Å²) < 4.78 is 5.08. The van der Waals surface area contributed by atoms with Gasteiger partial charge in [-0.3, -0.25) is 4.79 Å². The van der Waals surface area contributed by atoms with Crippen LogP contribution in [0.2, 0.25) is 0 Å². The molecule has 0 aliphatic carbocycles. The molecule has 1 aromatic rings. The molecule has 3 unspecified atom stereocenters. The molecule has 0 amide bonds. The van der Waals surface area contributed by atoms with Crippen LogP contribution in [0, 0.1) is 0 Å². The van der Waals surface area contributed by atoms with Crippen molar-refractivity contribution in [3.8, 4) is 0 Å². The van der Waals surface area contributed by atoms with Gasteiger partial charge >= 0.3 is 5.97 Å². The first-order valence-electron chi connectivity index (χ1n) is 8.11. The summed E-state index contributed by atoms with van der Waals surface area (Å²) in [6.45, 7) is 2.17. The third-order valence-corrected chi connectivity index (χ3v) is 3.72. The summed E-state index contributed by atoms with van der Waals surface area (Å²) in [5, 5.41) is 31.9. The second kappa shape index (κ2) is 10.3. The topological polar surface area (TPSA) is 143 Å². The van der Waals surface area contributed by atoms with Gasteiger partial charge in [-0.1, -0.05) is 37.8 Å². The van der Waals surface area contributed by atoms with E-state index in [1.165, 1.54) is 19.3 Å². The first-order chi connectivity index (χ1) is 11.0. The van der Waals surface area contributed by atoms with Crippen molar-refractivity contribution >= 4 is 5.97 Å². The third-order valence-electron chi connectivity index (χ3n) is 3.72. The molecule has 23 heavy (non-hydrogen) atoms. The van der Waals surface area contributed by atoms with Crippen molar-refractivity contribution in [3.63, 3.8) is 0 Å². The minimum Gasteiger partial charge on any atom is -0.480 e. The second-order valence-electron chi connectivity index (χ2n) is 5.73. The first kappa shape index (κ1) is 19.5. The molecule has 0 fully saturated rings. The fourth-order valence-electron chi connectivity index (χ4n) is 2.21. The molecular formula is C15H27N3O5. The number of rotatable bonds is 12. The van der Waals surface area contributed by atoms with Gasteiger partial charge in [0.25, 0.3) is 0 Å². The highest BCUT2D eigenvalue weighted by atomic mass is 16.5. The fourth-order valence-corrected chi connectivity index (χ4v) is 2.21. The van der Waals surface area contributed by atoms with E-state index in [4.69, 9.17) is 15.4 Å². The van der Waals surface area contributed by atoms with Crippen LogP contribution in [0.4, 0.5) is 0 Å². The Labute approximate surface area is 135 Å². The van der Waals surface area contributed by atoms with E-state index in [-0.39, 0.29) is 12.8 Å². The Morgan fingerprint density at radius 1 is 1.22 bits per heavy atom. The Kier molecular flexibility index (Phi) is 8.75. The molecule has 0 saturated carbocycles. The average Bonchev–Trinajstić information content (AvgIpc) is 2.98. The quantitative estimate of drug-likeness (QED) is 0.409. The number of aryl methyl sites for hydroxylation is 2. The summed E-state index contributed by atoms with van der Waals surface area (Å²) in [4.78, 5) is 14.9. The molecule has 8 nitrogen and oxygen atoms in total. The van der Waals surface area contributed by atoms with Gasteiger partial charge < -0.3 is 25.6 Å². The molecule has 1 aromatic heterocycles. The minimum atomic E-state index is -1.53. The maximum absolute atomic E-state index is 10.7. The number of aromatic nitrogens is 2. The zero-order valence-corrected chi connectivity index (χ0v) is 13.5. The number of aliphatic carboxylic acids is 1. The molecule has 132 valence electrons. The lowest BCUT2D eigenvalue weighted by molar-refractivity contribution is -0.143. The molecule has 0 aliphatic heterocycles. The number of nitrogens with two attached hydrogens (primary N) is 1. The Morgan fingerprint density at radius 3 is 2.57 bits per heavy atom. The Balaban J connectivity index is 2.31. The molecule has 0 spiro atoms. The molecule has 0 bridgehead atoms. The molecule has 8 heteroatoms. The normalized spacial score (nSPS) is 15.3. The van der Waals surface area contributed by atoms with Crippen molar-refractivity contribution in [2.75, 3.05) is 0 Å². The number of carboxylic acid groups (broad SMARTS) is 1. The van der Waals surface area contributed by atoms with E-state index >= 15 is 0 Å². The molecule has 0 radical (unpaired) electrons. The van der Waals surface area contributed by atoms with Gasteiger partial charge in [-0.15, -0.1) is 0 Å². The monoisotopic (exact) mass is 329 g/mol. The van der Waals surface area contributed by atoms with Gasteiger partial charge in [0.05, 0.1) is 6.10 Å². The van der Waals surface area contributed by atoms with Crippen molar-refractivity contribution in [1.29, 1.82) is 0 Å². The van der Waals surface area contributed by atoms with Gasteiger partial charge in [-0.2, -0.15) is 4.98 Å². The van der Waals surface area contributed by atoms with Crippen LogP contribution in [0.5, 0.6) is 0 Å². The van der Waals surface area contributed by atoms with E-state index in [1.807, 2.05) is 0 Å². The average molecular weight is 329 g/mol. The number of unbranched alkanes of at least 4 members (excludes halogenated alkanes) is 4. The lowest BCUT2D eigenvalue weighted by Gasteiger charge is -2.20. The van der Waals surface area contributed by atoms with Crippen LogP contribution < -0.4 is 5.73 Å². The summed E-state index contributed by atoms with van der Waals surface area (Å²) in [5.74, 6) is -0.364. The van der Waals surface area contributed by atoms with Crippen LogP contribution in [0.25, 0.3) is 0 Å². The third kappa shape index (κ3) is 7.06. The molecule has 5 N–H and O–H groups in total. The Hall–Kier alpha value is -1.51. The van der Waals surface area contributed by atoms with Crippen molar-refractivity contribution in [2.24, 2.45) is 5.73 Å². The summed E-state index contributed by atoms with van der Waals surface area (Å²) in [6.07, 6.45) is 4.09. The van der Waals surface area contributed by atoms with Gasteiger partial charge in [0.1, 0.15) is 12.1 Å². The highest BCUT2D eigenvalue weighted by Crippen LogP contribution is 2.10. The van der Waals surface area contributed by atoms with Crippen LogP contribution >= 0.6 is 0 Å². The molecule has 0 aromatic carbocycles. The van der Waals surface area contributed by atoms with Crippen LogP contribution in [-0.4, -0.2) is 49.7 Å². The van der Waals surface area contributed by atoms with E-state index < -0.39 is 24.2 Å². The number of hydrogen-bond acceptors (Lipinski definition) is 7. The van der Waals surface area contributed by atoms with E-state index in [2.05, 4.69) is 17.1 Å². The van der Waals surface area contributed by atoms with Gasteiger partial charge in [-0.05, 0) is 12.8 Å². The van der Waals surface area contributed by atoms with Crippen LogP contribution in [-0.2, 0) is 17.6 Å². The van der Waals surface area contributed by atoms with Gasteiger partial charge in [0.15, 0.2) is 5.82 Å². The largest absolute Gasteiger partial charge is 0.480 e. The zero-order valence-electron chi connectivity index (χ0n) is 13.5. The lowest BCUT2D eigenvalue weighted by Crippen LogP contribution is -2.48. The Bertz CT molecular complexity index is 466. The number of aliphatic hydroxyl groups excluding tert-OH is 2. The van der Waals surface area contributed by atoms with Crippen molar-refractivity contribution < 1.29 is 24.6 Å². The van der Waals surface area contributed by atoms with E-state index in [9.17, 15) is 15.0 Å². The fraction of sp³-hybridized carbons (Fsp3) is 0.800. The van der Waals surface area contributed by atoms with Crippen molar-refractivity contribution in [1.82, 2.24) is 10.1 Å². The van der Waals surface area contributed by atoms with Gasteiger partial charge in [0.2, 0.25) is 5.89 Å². The van der Waals surface area contributed by atoms with E-state index in [0.717, 1.165) is 19.3 Å². The van der Waals surface area contributed by atoms with Gasteiger partial charge in [-0.25, -0.2) is 0 Å². The molecular weight excluding hydrogens is 302 g/mol. The predicted molar refractivity (Wildman–Crippen MR) is 82.7 cm³/mol. The minimum absolute atomic E-state index is 0.0975. The smallest absolute Gasteiger partial charge is 0.323 e. The summed E-state index contributed by atoms with van der Waals surface area (Å²) in [6, 6.07) is -1.52. The summed E-state index contributed by atoms with van der Waals surface area (Å²) in [7, 11) is 0. The van der Waals surface area contributed by atoms with Gasteiger partial charge in [0, 0.05) is 12.8 Å². The molecule has 1 rings (SSSR count). The summed E-state index contributed by atoms with van der Waals surface area (Å²) >= 11 is 0. The number of carbonyl (C=O) groups is 1. The number of carboxylic acids is 1. The zero-order chi connectivity index (χ0) is 17.2. The molecule has 3 atom stereocenters. The molecule has 1 heterocycles. The summed E-state index contributed by atoms with van der Waals surface area (Å²) in [5.41, 5.74) is 5.26. The number of nitrogens with zero attached hydrogens (tertiary/aromatic N) is 2. The standard InChI is InChI=1S/C15H27N3O5/c1-2-3-4-5-6-7-11-17-12(23-18-11)9-8-10(19)14(20)13(16)15(21)22/h10,13-14,19-20H,2-9,16H2,1H3,(H,21,22). The lowest BCUT2D eigenvalue weighted by atomic mass is 10.0. The predicted octanol–water partition coefficient (Wildman–Crippen LogP) is 0.649. The van der Waals surface area contributed by atoms with E-state index in [1.54, 1.807) is 0 Å². The molecule has 0 saturated heterocycles. The Morgan fingerprint density at radius 2 is 1.91 bits per heavy atom. The molecule has 0 aliphatic rings. The second-order valence-corrected chi connectivity index (χ2v) is 5.73. The maximum atomic E-state index is 10.7. The maximum Gasteiger partial charge on any atom is 0.323 e. The highest BCUT2D eigenvalue weighted by molar-refractivity contribution is 5.73. The van der Waals surface area contributed by atoms with Crippen LogP contribution in [0.3, 0.4) is 0 Å². The number of hydrogen-bond donors (Lipinski definition) is 4. The van der Waals surface area contributed by atoms with Crippen molar-refractivity contribution in [3.05, 3.63) is 11.7 Å². The highest BCUT2D eigenvalue weighted by Gasteiger charge is 2.28.